The lowest BCUT2D eigenvalue weighted by molar-refractivity contribution is 0.170. The number of hydrogen-bond donors (Lipinski definition) is 1. The van der Waals surface area contributed by atoms with Gasteiger partial charge in [-0.15, -0.1) is 0 Å². The molecule has 1 heterocycles. The lowest BCUT2D eigenvalue weighted by atomic mass is 10.2. The summed E-state index contributed by atoms with van der Waals surface area (Å²) in [6.45, 7) is 1.54. The van der Waals surface area contributed by atoms with Crippen molar-refractivity contribution in [2.24, 2.45) is 0 Å². The van der Waals surface area contributed by atoms with Gasteiger partial charge in [-0.25, -0.2) is 21.1 Å². The van der Waals surface area contributed by atoms with Crippen LogP contribution in [0, 0.1) is 0 Å². The van der Waals surface area contributed by atoms with Gasteiger partial charge in [-0.2, -0.15) is 0 Å². The quantitative estimate of drug-likeness (QED) is 0.730. The Morgan fingerprint density at radius 2 is 1.82 bits per heavy atom. The van der Waals surface area contributed by atoms with Gasteiger partial charge in [-0.1, -0.05) is 0 Å². The Bertz CT molecular complexity index is 440. The van der Waals surface area contributed by atoms with Gasteiger partial charge in [0.1, 0.15) is 9.84 Å². The first-order chi connectivity index (χ1) is 7.65. The zero-order valence-electron chi connectivity index (χ0n) is 10.0. The van der Waals surface area contributed by atoms with Crippen molar-refractivity contribution in [2.75, 3.05) is 25.1 Å². The van der Waals surface area contributed by atoms with Crippen LogP contribution in [0.25, 0.3) is 0 Å². The third-order valence-electron chi connectivity index (χ3n) is 2.88. The highest BCUT2D eigenvalue weighted by atomic mass is 32.2. The van der Waals surface area contributed by atoms with E-state index in [1.807, 2.05) is 0 Å². The Kier molecular flexibility index (Phi) is 4.56. The smallest absolute Gasteiger partial charge is 0.216 e. The molecule has 1 fully saturated rings. The van der Waals surface area contributed by atoms with Crippen molar-refractivity contribution >= 4 is 19.9 Å². The fraction of sp³-hybridized carbons (Fsp3) is 1.00. The third-order valence-corrected chi connectivity index (χ3v) is 6.93. The van der Waals surface area contributed by atoms with Gasteiger partial charge in [0, 0.05) is 13.6 Å². The predicted octanol–water partition coefficient (Wildman–Crippen LogP) is -0.794. The van der Waals surface area contributed by atoms with Crippen molar-refractivity contribution in [1.82, 2.24) is 4.31 Å². The van der Waals surface area contributed by atoms with Crippen molar-refractivity contribution in [3.8, 4) is 0 Å². The number of hydrogen-bond acceptors (Lipinski definition) is 5. The van der Waals surface area contributed by atoms with Crippen LogP contribution >= 0.6 is 0 Å². The van der Waals surface area contributed by atoms with Gasteiger partial charge in [0.15, 0.2) is 0 Å². The fourth-order valence-electron chi connectivity index (χ4n) is 1.90. The zero-order chi connectivity index (χ0) is 13.3. The minimum Gasteiger partial charge on any atom is -0.392 e. The number of aliphatic hydroxyl groups excluding tert-OH is 1. The molecule has 0 saturated carbocycles. The number of sulfonamides is 1. The van der Waals surface area contributed by atoms with E-state index in [-0.39, 0.29) is 30.9 Å². The van der Waals surface area contributed by atoms with E-state index in [1.54, 1.807) is 0 Å². The van der Waals surface area contributed by atoms with Crippen LogP contribution in [-0.2, 0) is 19.9 Å². The second-order valence-corrected chi connectivity index (χ2v) is 9.15. The molecule has 8 heteroatoms. The van der Waals surface area contributed by atoms with Crippen LogP contribution in [0.15, 0.2) is 0 Å². The second kappa shape index (κ2) is 5.21. The zero-order valence-corrected chi connectivity index (χ0v) is 11.7. The molecule has 1 atom stereocenters. The molecule has 1 N–H and O–H groups in total. The van der Waals surface area contributed by atoms with Crippen LogP contribution < -0.4 is 0 Å². The highest BCUT2D eigenvalue weighted by molar-refractivity contribution is 7.92. The van der Waals surface area contributed by atoms with E-state index in [9.17, 15) is 16.8 Å². The first-order valence-corrected chi connectivity index (χ1v) is 8.81. The van der Waals surface area contributed by atoms with Crippen molar-refractivity contribution in [3.05, 3.63) is 0 Å². The summed E-state index contributed by atoms with van der Waals surface area (Å²) in [6.07, 6.45) is -0.439. The maximum atomic E-state index is 12.1. The Morgan fingerprint density at radius 3 is 2.24 bits per heavy atom. The predicted molar refractivity (Wildman–Crippen MR) is 64.9 cm³/mol. The molecule has 0 radical (unpaired) electrons. The number of rotatable bonds is 4. The van der Waals surface area contributed by atoms with Gasteiger partial charge in [-0.05, 0) is 19.8 Å². The van der Waals surface area contributed by atoms with Crippen molar-refractivity contribution in [2.45, 2.75) is 31.1 Å². The summed E-state index contributed by atoms with van der Waals surface area (Å²) in [5.74, 6) is -0.140. The largest absolute Gasteiger partial charge is 0.392 e. The molecule has 0 spiro atoms. The van der Waals surface area contributed by atoms with Crippen LogP contribution in [-0.4, -0.2) is 62.7 Å². The average molecular weight is 285 g/mol. The summed E-state index contributed by atoms with van der Waals surface area (Å²) >= 11 is 0. The molecular formula is C9H19NO5S2. The summed E-state index contributed by atoms with van der Waals surface area (Å²) in [6, 6.07) is 0. The molecule has 102 valence electrons. The Labute approximate surface area is 103 Å². The van der Waals surface area contributed by atoms with Gasteiger partial charge in [0.25, 0.3) is 0 Å². The van der Waals surface area contributed by atoms with Gasteiger partial charge >= 0.3 is 0 Å². The van der Waals surface area contributed by atoms with E-state index in [0.717, 1.165) is 4.31 Å². The molecule has 0 aromatic rings. The van der Waals surface area contributed by atoms with Crippen LogP contribution in [0.5, 0.6) is 0 Å². The summed E-state index contributed by atoms with van der Waals surface area (Å²) in [7, 11) is -5.15. The van der Waals surface area contributed by atoms with Gasteiger partial charge < -0.3 is 5.11 Å². The third kappa shape index (κ3) is 3.90. The fourth-order valence-corrected chi connectivity index (χ4v) is 5.45. The number of sulfone groups is 1. The van der Waals surface area contributed by atoms with E-state index < -0.39 is 31.2 Å². The standard InChI is InChI=1S/C9H19NO5S2/c1-8(11)7-10(2)17(14,15)9-3-5-16(12,13)6-4-9/h8-9,11H,3-7H2,1-2H3. The summed E-state index contributed by atoms with van der Waals surface area (Å²) in [5.41, 5.74) is 0. The van der Waals surface area contributed by atoms with Crippen molar-refractivity contribution in [1.29, 1.82) is 0 Å². The molecule has 6 nitrogen and oxygen atoms in total. The lowest BCUT2D eigenvalue weighted by Gasteiger charge is -2.27. The molecule has 1 aliphatic heterocycles. The minimum absolute atomic E-state index is 0.0333. The molecule has 1 unspecified atom stereocenters. The van der Waals surface area contributed by atoms with Crippen LogP contribution in [0.1, 0.15) is 19.8 Å². The monoisotopic (exact) mass is 285 g/mol. The lowest BCUT2D eigenvalue weighted by Crippen LogP contribution is -2.43. The number of nitrogens with zero attached hydrogens (tertiary/aromatic N) is 1. The van der Waals surface area contributed by atoms with E-state index >= 15 is 0 Å². The number of aliphatic hydroxyl groups is 1. The molecule has 1 saturated heterocycles. The summed E-state index contributed by atoms with van der Waals surface area (Å²) in [4.78, 5) is 0. The molecule has 0 amide bonds. The SMILES string of the molecule is CC(O)CN(C)S(=O)(=O)C1CCS(=O)(=O)CC1. The first kappa shape index (κ1) is 14.9. The first-order valence-electron chi connectivity index (χ1n) is 5.49. The van der Waals surface area contributed by atoms with Crippen molar-refractivity contribution < 1.29 is 21.9 Å². The highest BCUT2D eigenvalue weighted by Gasteiger charge is 2.35. The summed E-state index contributed by atoms with van der Waals surface area (Å²) in [5, 5.41) is 8.52. The van der Waals surface area contributed by atoms with E-state index in [0.29, 0.717) is 0 Å². The number of likely N-dealkylation sites (N-methyl/N-ethyl adjacent to an activating group) is 1. The molecule has 1 aliphatic rings. The summed E-state index contributed by atoms with van der Waals surface area (Å²) < 4.78 is 47.7. The Hall–Kier alpha value is -0.180. The van der Waals surface area contributed by atoms with Crippen LogP contribution in [0.4, 0.5) is 0 Å². The Balaban J connectivity index is 2.73. The maximum absolute atomic E-state index is 12.1. The molecule has 1 rings (SSSR count). The molecule has 0 aliphatic carbocycles. The molecule has 0 bridgehead atoms. The van der Waals surface area contributed by atoms with Crippen LogP contribution in [0.3, 0.4) is 0 Å². The molecular weight excluding hydrogens is 266 g/mol. The van der Waals surface area contributed by atoms with E-state index in [1.165, 1.54) is 14.0 Å². The molecule has 17 heavy (non-hydrogen) atoms. The van der Waals surface area contributed by atoms with Crippen LogP contribution in [0.2, 0.25) is 0 Å². The molecule has 0 aromatic heterocycles. The maximum Gasteiger partial charge on any atom is 0.216 e. The van der Waals surface area contributed by atoms with E-state index in [4.69, 9.17) is 5.11 Å². The molecule has 0 aromatic carbocycles. The van der Waals surface area contributed by atoms with Crippen molar-refractivity contribution in [3.63, 3.8) is 0 Å². The average Bonchev–Trinajstić information content (AvgIpc) is 2.15. The normalized spacial score (nSPS) is 23.8. The topological polar surface area (TPSA) is 91.8 Å². The van der Waals surface area contributed by atoms with Gasteiger partial charge in [0.05, 0.1) is 22.9 Å². The Morgan fingerprint density at radius 1 is 1.35 bits per heavy atom. The van der Waals surface area contributed by atoms with Gasteiger partial charge in [-0.3, -0.25) is 0 Å². The van der Waals surface area contributed by atoms with E-state index in [2.05, 4.69) is 0 Å². The highest BCUT2D eigenvalue weighted by Crippen LogP contribution is 2.21. The minimum atomic E-state index is -3.50. The van der Waals surface area contributed by atoms with Gasteiger partial charge in [0.2, 0.25) is 10.0 Å². The second-order valence-electron chi connectivity index (χ2n) is 4.53.